The Morgan fingerprint density at radius 2 is 1.62 bits per heavy atom. The van der Waals surface area contributed by atoms with E-state index in [9.17, 15) is 13.7 Å². The normalized spacial score (nSPS) is 11.7. The number of ether oxygens (including phenoxy) is 2. The van der Waals surface area contributed by atoms with Crippen molar-refractivity contribution in [3.05, 3.63) is 58.0 Å². The Labute approximate surface area is 145 Å². The monoisotopic (exact) mass is 363 g/mol. The van der Waals surface area contributed by atoms with Crippen LogP contribution in [0.25, 0.3) is 6.08 Å². The van der Waals surface area contributed by atoms with Crippen LogP contribution in [0.5, 0.6) is 11.5 Å². The fourth-order valence-electron chi connectivity index (χ4n) is 1.97. The van der Waals surface area contributed by atoms with Crippen molar-refractivity contribution < 1.29 is 17.9 Å². The highest BCUT2D eigenvalue weighted by Gasteiger charge is 2.21. The Balaban J connectivity index is 2.53. The highest BCUT2D eigenvalue weighted by molar-refractivity contribution is 7.95. The molecule has 24 heavy (non-hydrogen) atoms. The molecule has 0 heterocycles. The molecule has 7 heteroatoms. The van der Waals surface area contributed by atoms with E-state index in [0.717, 1.165) is 0 Å². The molecule has 0 aliphatic heterocycles. The van der Waals surface area contributed by atoms with Gasteiger partial charge in [-0.15, -0.1) is 0 Å². The number of rotatable bonds is 5. The van der Waals surface area contributed by atoms with Gasteiger partial charge in [0.1, 0.15) is 22.5 Å². The average Bonchev–Trinajstić information content (AvgIpc) is 2.59. The van der Waals surface area contributed by atoms with Gasteiger partial charge in [-0.1, -0.05) is 11.6 Å². The molecular formula is C17H14ClNO4S. The molecule has 0 fully saturated rings. The van der Waals surface area contributed by atoms with E-state index in [2.05, 4.69) is 0 Å². The van der Waals surface area contributed by atoms with Crippen molar-refractivity contribution in [3.8, 4) is 17.6 Å². The lowest BCUT2D eigenvalue weighted by Crippen LogP contribution is -2.03. The van der Waals surface area contributed by atoms with E-state index in [0.29, 0.717) is 22.1 Å². The summed E-state index contributed by atoms with van der Waals surface area (Å²) in [6.07, 6.45) is 1.27. The predicted octanol–water partition coefficient (Wildman–Crippen LogP) is 3.70. The Hall–Kier alpha value is -2.49. The molecule has 0 aliphatic rings. The predicted molar refractivity (Wildman–Crippen MR) is 91.8 cm³/mol. The SMILES string of the molecule is COc1cc(/C=C(\C#N)S(=O)(=O)c2ccc(Cl)cc2)cc(OC)c1. The first-order valence-electron chi connectivity index (χ1n) is 6.76. The molecule has 2 rings (SSSR count). The number of halogens is 1. The van der Waals surface area contributed by atoms with Crippen molar-refractivity contribution in [2.24, 2.45) is 0 Å². The molecule has 0 amide bonds. The first kappa shape index (κ1) is 17.9. The zero-order chi connectivity index (χ0) is 17.7. The molecule has 0 saturated heterocycles. The molecule has 0 unspecified atom stereocenters. The molecule has 2 aromatic carbocycles. The van der Waals surface area contributed by atoms with E-state index in [1.54, 1.807) is 24.3 Å². The van der Waals surface area contributed by atoms with Crippen LogP contribution in [-0.4, -0.2) is 22.6 Å². The lowest BCUT2D eigenvalue weighted by Gasteiger charge is -2.07. The molecule has 5 nitrogen and oxygen atoms in total. The Morgan fingerprint density at radius 1 is 1.08 bits per heavy atom. The maximum atomic E-state index is 12.6. The standard InChI is InChI=1S/C17H14ClNO4S/c1-22-14-7-12(8-15(10-14)23-2)9-17(11-19)24(20,21)16-5-3-13(18)4-6-16/h3-10H,1-2H3/b17-9+. The van der Waals surface area contributed by atoms with Gasteiger partial charge in [0.15, 0.2) is 0 Å². The molecule has 2 aromatic rings. The van der Waals surface area contributed by atoms with Gasteiger partial charge < -0.3 is 9.47 Å². The number of sulfone groups is 1. The van der Waals surface area contributed by atoms with E-state index in [-0.39, 0.29) is 9.80 Å². The van der Waals surface area contributed by atoms with Crippen LogP contribution in [0.2, 0.25) is 5.02 Å². The van der Waals surface area contributed by atoms with Gasteiger partial charge in [-0.25, -0.2) is 8.42 Å². The summed E-state index contributed by atoms with van der Waals surface area (Å²) in [6.45, 7) is 0. The van der Waals surface area contributed by atoms with Crippen LogP contribution in [-0.2, 0) is 9.84 Å². The third-order valence-corrected chi connectivity index (χ3v) is 5.13. The summed E-state index contributed by atoms with van der Waals surface area (Å²) in [6, 6.07) is 12.2. The van der Waals surface area contributed by atoms with Crippen LogP contribution in [0, 0.1) is 11.3 Å². The minimum atomic E-state index is -3.95. The minimum absolute atomic E-state index is 0.00504. The summed E-state index contributed by atoms with van der Waals surface area (Å²) >= 11 is 5.77. The van der Waals surface area contributed by atoms with Crippen LogP contribution >= 0.6 is 11.6 Å². The van der Waals surface area contributed by atoms with Crippen molar-refractivity contribution in [2.75, 3.05) is 14.2 Å². The fourth-order valence-corrected chi connectivity index (χ4v) is 3.26. The number of hydrogen-bond acceptors (Lipinski definition) is 5. The summed E-state index contributed by atoms with van der Waals surface area (Å²) in [5, 5.41) is 9.72. The van der Waals surface area contributed by atoms with Crippen molar-refractivity contribution in [1.29, 1.82) is 5.26 Å². The average molecular weight is 364 g/mol. The molecule has 0 aliphatic carbocycles. The van der Waals surface area contributed by atoms with Gasteiger partial charge in [0.25, 0.3) is 0 Å². The molecule has 124 valence electrons. The van der Waals surface area contributed by atoms with Crippen molar-refractivity contribution in [3.63, 3.8) is 0 Å². The molecule has 0 spiro atoms. The first-order chi connectivity index (χ1) is 11.4. The molecule has 0 N–H and O–H groups in total. The highest BCUT2D eigenvalue weighted by atomic mass is 35.5. The molecule has 0 aromatic heterocycles. The summed E-state index contributed by atoms with van der Waals surface area (Å²) in [4.78, 5) is -0.394. The van der Waals surface area contributed by atoms with E-state index < -0.39 is 9.84 Å². The Bertz CT molecular complexity index is 890. The van der Waals surface area contributed by atoms with Crippen molar-refractivity contribution >= 4 is 27.5 Å². The lowest BCUT2D eigenvalue weighted by molar-refractivity contribution is 0.394. The maximum absolute atomic E-state index is 12.6. The number of benzene rings is 2. The Morgan fingerprint density at radius 3 is 2.08 bits per heavy atom. The maximum Gasteiger partial charge on any atom is 0.216 e. The number of nitriles is 1. The summed E-state index contributed by atoms with van der Waals surface area (Å²) in [5.74, 6) is 0.976. The second-order valence-corrected chi connectivity index (χ2v) is 7.08. The number of nitrogens with zero attached hydrogens (tertiary/aromatic N) is 1. The first-order valence-corrected chi connectivity index (χ1v) is 8.62. The quantitative estimate of drug-likeness (QED) is 0.757. The molecule has 0 atom stereocenters. The van der Waals surface area contributed by atoms with E-state index in [1.165, 1.54) is 44.6 Å². The fraction of sp³-hybridized carbons (Fsp3) is 0.118. The van der Waals surface area contributed by atoms with E-state index in [1.807, 2.05) is 0 Å². The summed E-state index contributed by atoms with van der Waals surface area (Å²) < 4.78 is 35.5. The second-order valence-electron chi connectivity index (χ2n) is 4.72. The van der Waals surface area contributed by atoms with E-state index in [4.69, 9.17) is 21.1 Å². The number of hydrogen-bond donors (Lipinski definition) is 0. The minimum Gasteiger partial charge on any atom is -0.497 e. The van der Waals surface area contributed by atoms with Gasteiger partial charge in [-0.2, -0.15) is 5.26 Å². The zero-order valence-electron chi connectivity index (χ0n) is 13.0. The highest BCUT2D eigenvalue weighted by Crippen LogP contribution is 2.27. The summed E-state index contributed by atoms with van der Waals surface area (Å²) in [5.41, 5.74) is 0.472. The van der Waals surface area contributed by atoms with Gasteiger partial charge in [-0.3, -0.25) is 0 Å². The molecule has 0 bridgehead atoms. The van der Waals surface area contributed by atoms with Crippen molar-refractivity contribution in [2.45, 2.75) is 4.90 Å². The molecular weight excluding hydrogens is 350 g/mol. The summed E-state index contributed by atoms with van der Waals surface area (Å²) in [7, 11) is -0.977. The second kappa shape index (κ2) is 7.39. The lowest BCUT2D eigenvalue weighted by atomic mass is 10.2. The van der Waals surface area contributed by atoms with Crippen LogP contribution in [0.3, 0.4) is 0 Å². The van der Waals surface area contributed by atoms with Crippen LogP contribution in [0.1, 0.15) is 5.56 Å². The topological polar surface area (TPSA) is 76.4 Å². The largest absolute Gasteiger partial charge is 0.497 e. The number of methoxy groups -OCH3 is 2. The van der Waals surface area contributed by atoms with Gasteiger partial charge >= 0.3 is 0 Å². The van der Waals surface area contributed by atoms with Gasteiger partial charge in [0.2, 0.25) is 9.84 Å². The van der Waals surface area contributed by atoms with Crippen molar-refractivity contribution in [1.82, 2.24) is 0 Å². The molecule has 0 saturated carbocycles. The molecule has 0 radical (unpaired) electrons. The van der Waals surface area contributed by atoms with Crippen LogP contribution in [0.4, 0.5) is 0 Å². The zero-order valence-corrected chi connectivity index (χ0v) is 14.6. The van der Waals surface area contributed by atoms with Crippen LogP contribution in [0.15, 0.2) is 52.3 Å². The number of allylic oxidation sites excluding steroid dienone is 1. The van der Waals surface area contributed by atoms with Gasteiger partial charge in [0.05, 0.1) is 19.1 Å². The third-order valence-electron chi connectivity index (χ3n) is 3.20. The van der Waals surface area contributed by atoms with Crippen LogP contribution < -0.4 is 9.47 Å². The Kier molecular flexibility index (Phi) is 5.50. The third kappa shape index (κ3) is 3.88. The van der Waals surface area contributed by atoms with Gasteiger partial charge in [0, 0.05) is 11.1 Å². The van der Waals surface area contributed by atoms with Gasteiger partial charge in [-0.05, 0) is 48.0 Å². The van der Waals surface area contributed by atoms with E-state index >= 15 is 0 Å². The smallest absolute Gasteiger partial charge is 0.216 e.